The summed E-state index contributed by atoms with van der Waals surface area (Å²) < 4.78 is 0. The number of carbonyl (C=O) groups is 1. The summed E-state index contributed by atoms with van der Waals surface area (Å²) in [6.07, 6.45) is 33.7. The van der Waals surface area contributed by atoms with Gasteiger partial charge in [-0.05, 0) is 19.4 Å². The second-order valence-electron chi connectivity index (χ2n) is 11.6. The molecule has 0 aliphatic carbocycles. The van der Waals surface area contributed by atoms with Crippen molar-refractivity contribution in [2.45, 2.75) is 181 Å². The van der Waals surface area contributed by atoms with Gasteiger partial charge in [-0.2, -0.15) is 0 Å². The van der Waals surface area contributed by atoms with E-state index >= 15 is 0 Å². The summed E-state index contributed by atoms with van der Waals surface area (Å²) in [5.41, 5.74) is 0. The summed E-state index contributed by atoms with van der Waals surface area (Å²) in [6, 6.07) is 0. The summed E-state index contributed by atoms with van der Waals surface area (Å²) in [5.74, 6) is -0.657. The minimum Gasteiger partial charge on any atom is -0.481 e. The van der Waals surface area contributed by atoms with Gasteiger partial charge >= 0.3 is 5.97 Å². The first-order valence-corrected chi connectivity index (χ1v) is 17.3. The van der Waals surface area contributed by atoms with Crippen LogP contribution in [0.4, 0.5) is 0 Å². The van der Waals surface area contributed by atoms with Crippen molar-refractivity contribution < 1.29 is 20.1 Å². The standard InChI is InChI=1S/C20H43NO2.C14H28O2/c1-2-3-4-5-6-7-8-9-10-11-12-13-14-15-16-21(17-19-22)18-20-23;1-2-3-4-5-6-7-8-9-10-11-12-13-14(15)16/h22-23H,2-20H2,1H3;2-13H2,1H3,(H,15,16). The third kappa shape index (κ3) is 39.6. The van der Waals surface area contributed by atoms with E-state index in [0.717, 1.165) is 19.4 Å². The van der Waals surface area contributed by atoms with Crippen molar-refractivity contribution in [2.24, 2.45) is 0 Å². The monoisotopic (exact) mass is 558 g/mol. The molecule has 0 spiro atoms. The molecule has 0 amide bonds. The Morgan fingerprint density at radius 1 is 0.436 bits per heavy atom. The topological polar surface area (TPSA) is 81.0 Å². The van der Waals surface area contributed by atoms with Crippen LogP contribution < -0.4 is 0 Å². The van der Waals surface area contributed by atoms with Gasteiger partial charge in [0.05, 0.1) is 13.2 Å². The fraction of sp³-hybridized carbons (Fsp3) is 0.971. The molecule has 0 heterocycles. The number of unbranched alkanes of at least 4 members (excludes halogenated alkanes) is 23. The van der Waals surface area contributed by atoms with E-state index in [9.17, 15) is 4.79 Å². The number of hydrogen-bond donors (Lipinski definition) is 3. The Hall–Kier alpha value is -0.650. The molecule has 0 atom stereocenters. The van der Waals surface area contributed by atoms with Crippen LogP contribution in [-0.2, 0) is 4.79 Å². The van der Waals surface area contributed by atoms with Gasteiger partial charge in [0.1, 0.15) is 0 Å². The molecule has 5 nitrogen and oxygen atoms in total. The van der Waals surface area contributed by atoms with Crippen LogP contribution in [0.5, 0.6) is 0 Å². The van der Waals surface area contributed by atoms with Gasteiger partial charge in [0.2, 0.25) is 0 Å². The highest BCUT2D eigenvalue weighted by Crippen LogP contribution is 2.13. The fourth-order valence-electron chi connectivity index (χ4n) is 5.09. The van der Waals surface area contributed by atoms with E-state index in [4.69, 9.17) is 15.3 Å². The number of nitrogens with zero attached hydrogens (tertiary/aromatic N) is 1. The summed E-state index contributed by atoms with van der Waals surface area (Å²) in [4.78, 5) is 12.4. The smallest absolute Gasteiger partial charge is 0.303 e. The first kappa shape index (κ1) is 40.5. The Morgan fingerprint density at radius 3 is 1.00 bits per heavy atom. The predicted molar refractivity (Wildman–Crippen MR) is 170 cm³/mol. The van der Waals surface area contributed by atoms with Crippen molar-refractivity contribution in [1.29, 1.82) is 0 Å². The molecule has 0 bridgehead atoms. The van der Waals surface area contributed by atoms with Gasteiger partial charge in [0, 0.05) is 19.5 Å². The van der Waals surface area contributed by atoms with Gasteiger partial charge in [0.25, 0.3) is 0 Å². The molecule has 39 heavy (non-hydrogen) atoms. The third-order valence-corrected chi connectivity index (χ3v) is 7.65. The molecule has 5 heteroatoms. The molecule has 0 saturated heterocycles. The summed E-state index contributed by atoms with van der Waals surface area (Å²) in [5, 5.41) is 26.4. The molecule has 0 aliphatic heterocycles. The van der Waals surface area contributed by atoms with Gasteiger partial charge in [-0.1, -0.05) is 162 Å². The zero-order valence-corrected chi connectivity index (χ0v) is 26.6. The molecule has 0 radical (unpaired) electrons. The lowest BCUT2D eigenvalue weighted by Crippen LogP contribution is -2.30. The fourth-order valence-corrected chi connectivity index (χ4v) is 5.09. The number of aliphatic hydroxyl groups is 2. The van der Waals surface area contributed by atoms with E-state index in [1.807, 2.05) is 0 Å². The first-order valence-electron chi connectivity index (χ1n) is 17.3. The largest absolute Gasteiger partial charge is 0.481 e. The van der Waals surface area contributed by atoms with Crippen molar-refractivity contribution in [3.8, 4) is 0 Å². The lowest BCUT2D eigenvalue weighted by Gasteiger charge is -2.19. The molecule has 0 saturated carbocycles. The molecule has 0 aliphatic rings. The molecule has 0 aromatic carbocycles. The number of aliphatic carboxylic acids is 1. The number of aliphatic hydroxyl groups excluding tert-OH is 2. The first-order chi connectivity index (χ1) is 19.1. The average Bonchev–Trinajstić information content (AvgIpc) is 2.92. The minimum atomic E-state index is -0.657. The molecular formula is C34H71NO4. The van der Waals surface area contributed by atoms with Crippen LogP contribution in [-0.4, -0.2) is 59.0 Å². The SMILES string of the molecule is CCCCCCCCCCCCCC(=O)O.CCCCCCCCCCCCCCCCN(CCO)CCO. The molecule has 0 aromatic rings. The summed E-state index contributed by atoms with van der Waals surface area (Å²) in [6.45, 7) is 7.31. The highest BCUT2D eigenvalue weighted by atomic mass is 16.4. The molecule has 0 unspecified atom stereocenters. The predicted octanol–water partition coefficient (Wildman–Crippen LogP) is 9.53. The maximum Gasteiger partial charge on any atom is 0.303 e. The number of rotatable bonds is 31. The van der Waals surface area contributed by atoms with Crippen LogP contribution in [0, 0.1) is 0 Å². The quantitative estimate of drug-likeness (QED) is 0.0739. The lowest BCUT2D eigenvalue weighted by atomic mass is 10.0. The van der Waals surface area contributed by atoms with Gasteiger partial charge in [-0.25, -0.2) is 0 Å². The normalized spacial score (nSPS) is 11.1. The Kier molecular flexibility index (Phi) is 38.8. The van der Waals surface area contributed by atoms with E-state index < -0.39 is 5.97 Å². The number of hydrogen-bond acceptors (Lipinski definition) is 4. The number of carboxylic acids is 1. The summed E-state index contributed by atoms with van der Waals surface area (Å²) in [7, 11) is 0. The van der Waals surface area contributed by atoms with E-state index in [2.05, 4.69) is 18.7 Å². The molecular weight excluding hydrogens is 486 g/mol. The van der Waals surface area contributed by atoms with Crippen LogP contribution >= 0.6 is 0 Å². The van der Waals surface area contributed by atoms with E-state index in [0.29, 0.717) is 19.5 Å². The van der Waals surface area contributed by atoms with Gasteiger partial charge in [-0.3, -0.25) is 9.69 Å². The average molecular weight is 558 g/mol. The van der Waals surface area contributed by atoms with Crippen molar-refractivity contribution in [2.75, 3.05) is 32.8 Å². The Balaban J connectivity index is 0. The van der Waals surface area contributed by atoms with Crippen molar-refractivity contribution in [3.05, 3.63) is 0 Å². The zero-order chi connectivity index (χ0) is 29.1. The maximum absolute atomic E-state index is 10.3. The minimum absolute atomic E-state index is 0.193. The second-order valence-corrected chi connectivity index (χ2v) is 11.6. The molecule has 0 rings (SSSR count). The maximum atomic E-state index is 10.3. The Bertz CT molecular complexity index is 441. The van der Waals surface area contributed by atoms with E-state index in [1.54, 1.807) is 0 Å². The highest BCUT2D eigenvalue weighted by molar-refractivity contribution is 5.66. The van der Waals surface area contributed by atoms with Crippen LogP contribution in [0.1, 0.15) is 181 Å². The Morgan fingerprint density at radius 2 is 0.718 bits per heavy atom. The van der Waals surface area contributed by atoms with Crippen molar-refractivity contribution in [1.82, 2.24) is 4.90 Å². The van der Waals surface area contributed by atoms with Gasteiger partial charge < -0.3 is 15.3 Å². The van der Waals surface area contributed by atoms with Crippen molar-refractivity contribution >= 4 is 5.97 Å². The zero-order valence-electron chi connectivity index (χ0n) is 26.6. The van der Waals surface area contributed by atoms with Crippen LogP contribution in [0.15, 0.2) is 0 Å². The highest BCUT2D eigenvalue weighted by Gasteiger charge is 2.02. The second kappa shape index (κ2) is 37.4. The molecule has 3 N–H and O–H groups in total. The van der Waals surface area contributed by atoms with Crippen molar-refractivity contribution in [3.63, 3.8) is 0 Å². The van der Waals surface area contributed by atoms with Crippen LogP contribution in [0.3, 0.4) is 0 Å². The number of carboxylic acid groups (broad SMARTS) is 1. The summed E-state index contributed by atoms with van der Waals surface area (Å²) >= 11 is 0. The third-order valence-electron chi connectivity index (χ3n) is 7.65. The van der Waals surface area contributed by atoms with E-state index in [1.165, 1.54) is 148 Å². The van der Waals surface area contributed by atoms with Gasteiger partial charge in [0.15, 0.2) is 0 Å². The van der Waals surface area contributed by atoms with Crippen LogP contribution in [0.2, 0.25) is 0 Å². The molecule has 0 aromatic heterocycles. The van der Waals surface area contributed by atoms with Crippen LogP contribution in [0.25, 0.3) is 0 Å². The van der Waals surface area contributed by atoms with Gasteiger partial charge in [-0.15, -0.1) is 0 Å². The molecule has 236 valence electrons. The Labute approximate surface area is 244 Å². The molecule has 0 fully saturated rings. The van der Waals surface area contributed by atoms with E-state index in [-0.39, 0.29) is 13.2 Å². The lowest BCUT2D eigenvalue weighted by molar-refractivity contribution is -0.137.